The number of amides is 1. The van der Waals surface area contributed by atoms with Gasteiger partial charge in [0.05, 0.1) is 0 Å². The summed E-state index contributed by atoms with van der Waals surface area (Å²) in [6, 6.07) is 21.5. The minimum atomic E-state index is -0.0407. The predicted octanol–water partition coefficient (Wildman–Crippen LogP) is 5.34. The van der Waals surface area contributed by atoms with Crippen LogP contribution in [0.1, 0.15) is 31.1 Å². The normalized spacial score (nSPS) is 10.4. The molecular weight excluding hydrogens is 360 g/mol. The highest BCUT2D eigenvalue weighted by Crippen LogP contribution is 2.22. The van der Waals surface area contributed by atoms with Crippen molar-refractivity contribution in [2.75, 3.05) is 34.8 Å². The Kier molecular flexibility index (Phi) is 6.85. The van der Waals surface area contributed by atoms with E-state index in [9.17, 15) is 4.79 Å². The molecule has 29 heavy (non-hydrogen) atoms. The van der Waals surface area contributed by atoms with Gasteiger partial charge in [0.15, 0.2) is 0 Å². The Morgan fingerprint density at radius 3 is 2.17 bits per heavy atom. The van der Waals surface area contributed by atoms with E-state index in [2.05, 4.69) is 41.2 Å². The SMILES string of the molecule is CCN(CC)c1ccc(Nc2cc(C(=O)N(CC)c3ccccc3)ccn2)cc1. The maximum Gasteiger partial charge on any atom is 0.258 e. The summed E-state index contributed by atoms with van der Waals surface area (Å²) in [7, 11) is 0. The summed E-state index contributed by atoms with van der Waals surface area (Å²) in [6.45, 7) is 8.83. The lowest BCUT2D eigenvalue weighted by Crippen LogP contribution is -2.30. The topological polar surface area (TPSA) is 48.5 Å². The molecule has 0 unspecified atom stereocenters. The Morgan fingerprint density at radius 1 is 0.862 bits per heavy atom. The number of aromatic nitrogens is 1. The summed E-state index contributed by atoms with van der Waals surface area (Å²) in [5.41, 5.74) is 3.62. The van der Waals surface area contributed by atoms with Crippen molar-refractivity contribution in [2.24, 2.45) is 0 Å². The Labute approximate surface area is 173 Å². The largest absolute Gasteiger partial charge is 0.372 e. The third kappa shape index (κ3) is 4.93. The molecule has 0 atom stereocenters. The maximum absolute atomic E-state index is 13.0. The molecule has 0 spiro atoms. The van der Waals surface area contributed by atoms with E-state index in [-0.39, 0.29) is 5.91 Å². The first-order valence-electron chi connectivity index (χ1n) is 10.1. The van der Waals surface area contributed by atoms with Gasteiger partial charge < -0.3 is 15.1 Å². The van der Waals surface area contributed by atoms with Crippen LogP contribution in [-0.2, 0) is 0 Å². The molecule has 150 valence electrons. The van der Waals surface area contributed by atoms with Crippen LogP contribution in [0.5, 0.6) is 0 Å². The van der Waals surface area contributed by atoms with E-state index in [4.69, 9.17) is 0 Å². The quantitative estimate of drug-likeness (QED) is 0.566. The Morgan fingerprint density at radius 2 is 1.55 bits per heavy atom. The summed E-state index contributed by atoms with van der Waals surface area (Å²) in [5.74, 6) is 0.608. The van der Waals surface area contributed by atoms with Gasteiger partial charge in [0.2, 0.25) is 0 Å². The molecule has 3 aromatic rings. The van der Waals surface area contributed by atoms with Gasteiger partial charge >= 0.3 is 0 Å². The molecule has 0 radical (unpaired) electrons. The minimum absolute atomic E-state index is 0.0407. The van der Waals surface area contributed by atoms with E-state index in [1.54, 1.807) is 23.2 Å². The first-order chi connectivity index (χ1) is 14.2. The molecule has 5 heteroatoms. The van der Waals surface area contributed by atoms with E-state index < -0.39 is 0 Å². The average molecular weight is 389 g/mol. The molecule has 0 fully saturated rings. The third-order valence-corrected chi connectivity index (χ3v) is 4.90. The van der Waals surface area contributed by atoms with E-state index in [1.165, 1.54) is 5.69 Å². The van der Waals surface area contributed by atoms with Gasteiger partial charge in [0.1, 0.15) is 5.82 Å². The predicted molar refractivity (Wildman–Crippen MR) is 121 cm³/mol. The summed E-state index contributed by atoms with van der Waals surface area (Å²) in [5, 5.41) is 3.30. The molecule has 0 aliphatic rings. The second kappa shape index (κ2) is 9.73. The molecular formula is C24H28N4O. The van der Waals surface area contributed by atoms with Crippen molar-refractivity contribution in [2.45, 2.75) is 20.8 Å². The van der Waals surface area contributed by atoms with Crippen molar-refractivity contribution in [1.29, 1.82) is 0 Å². The van der Waals surface area contributed by atoms with E-state index in [1.807, 2.05) is 49.4 Å². The second-order valence-corrected chi connectivity index (χ2v) is 6.66. The van der Waals surface area contributed by atoms with Crippen LogP contribution in [0.25, 0.3) is 0 Å². The number of carbonyl (C=O) groups is 1. The second-order valence-electron chi connectivity index (χ2n) is 6.66. The Balaban J connectivity index is 1.76. The van der Waals surface area contributed by atoms with Gasteiger partial charge in [-0.1, -0.05) is 18.2 Å². The summed E-state index contributed by atoms with van der Waals surface area (Å²) in [6.07, 6.45) is 1.67. The van der Waals surface area contributed by atoms with Crippen LogP contribution in [0, 0.1) is 0 Å². The third-order valence-electron chi connectivity index (χ3n) is 4.90. The van der Waals surface area contributed by atoms with Gasteiger partial charge in [0, 0.05) is 48.5 Å². The maximum atomic E-state index is 13.0. The Hall–Kier alpha value is -3.34. The molecule has 5 nitrogen and oxygen atoms in total. The molecule has 1 aromatic heterocycles. The zero-order valence-corrected chi connectivity index (χ0v) is 17.3. The van der Waals surface area contributed by atoms with Crippen LogP contribution in [0.4, 0.5) is 22.9 Å². The van der Waals surface area contributed by atoms with Crippen molar-refractivity contribution in [1.82, 2.24) is 4.98 Å². The van der Waals surface area contributed by atoms with Gasteiger partial charge in [-0.2, -0.15) is 0 Å². The van der Waals surface area contributed by atoms with Crippen molar-refractivity contribution < 1.29 is 4.79 Å². The molecule has 0 saturated heterocycles. The van der Waals surface area contributed by atoms with Crippen LogP contribution in [0.2, 0.25) is 0 Å². The van der Waals surface area contributed by atoms with Crippen LogP contribution in [-0.4, -0.2) is 30.5 Å². The first kappa shape index (κ1) is 20.4. The summed E-state index contributed by atoms with van der Waals surface area (Å²) < 4.78 is 0. The average Bonchev–Trinajstić information content (AvgIpc) is 2.77. The van der Waals surface area contributed by atoms with Crippen molar-refractivity contribution in [3.63, 3.8) is 0 Å². The standard InChI is InChI=1S/C24H28N4O/c1-4-27(5-2)21-14-12-20(13-15-21)26-23-18-19(16-17-25-23)24(29)28(6-3)22-10-8-7-9-11-22/h7-18H,4-6H2,1-3H3,(H,25,26). The fourth-order valence-corrected chi connectivity index (χ4v) is 3.33. The molecule has 0 saturated carbocycles. The molecule has 1 N–H and O–H groups in total. The number of carbonyl (C=O) groups excluding carboxylic acids is 1. The van der Waals surface area contributed by atoms with Crippen molar-refractivity contribution in [3.8, 4) is 0 Å². The molecule has 0 aliphatic carbocycles. The fraction of sp³-hybridized carbons (Fsp3) is 0.250. The van der Waals surface area contributed by atoms with Gasteiger partial charge in [0.25, 0.3) is 5.91 Å². The minimum Gasteiger partial charge on any atom is -0.372 e. The molecule has 3 rings (SSSR count). The monoisotopic (exact) mass is 388 g/mol. The number of hydrogen-bond acceptors (Lipinski definition) is 4. The molecule has 1 amide bonds. The Bertz CT molecular complexity index is 921. The number of anilines is 4. The van der Waals surface area contributed by atoms with Crippen LogP contribution in [0.15, 0.2) is 72.9 Å². The van der Waals surface area contributed by atoms with E-state index in [0.29, 0.717) is 17.9 Å². The summed E-state index contributed by atoms with van der Waals surface area (Å²) >= 11 is 0. The lowest BCUT2D eigenvalue weighted by atomic mass is 10.2. The first-order valence-corrected chi connectivity index (χ1v) is 10.1. The molecule has 0 aliphatic heterocycles. The van der Waals surface area contributed by atoms with Gasteiger partial charge in [-0.15, -0.1) is 0 Å². The molecule has 1 heterocycles. The van der Waals surface area contributed by atoms with Crippen molar-refractivity contribution in [3.05, 3.63) is 78.5 Å². The highest BCUT2D eigenvalue weighted by atomic mass is 16.2. The highest BCUT2D eigenvalue weighted by molar-refractivity contribution is 6.06. The number of hydrogen-bond donors (Lipinski definition) is 1. The van der Waals surface area contributed by atoms with Crippen LogP contribution >= 0.6 is 0 Å². The number of benzene rings is 2. The van der Waals surface area contributed by atoms with E-state index >= 15 is 0 Å². The number of rotatable bonds is 8. The number of pyridine rings is 1. The zero-order valence-electron chi connectivity index (χ0n) is 17.3. The summed E-state index contributed by atoms with van der Waals surface area (Å²) in [4.78, 5) is 21.5. The smallest absolute Gasteiger partial charge is 0.258 e. The fourth-order valence-electron chi connectivity index (χ4n) is 3.33. The van der Waals surface area contributed by atoms with Gasteiger partial charge in [-0.25, -0.2) is 4.98 Å². The lowest BCUT2D eigenvalue weighted by molar-refractivity contribution is 0.0988. The van der Waals surface area contributed by atoms with Gasteiger partial charge in [-0.05, 0) is 69.3 Å². The number of para-hydroxylation sites is 1. The van der Waals surface area contributed by atoms with Crippen molar-refractivity contribution >= 4 is 28.8 Å². The van der Waals surface area contributed by atoms with Crippen LogP contribution < -0.4 is 15.1 Å². The lowest BCUT2D eigenvalue weighted by Gasteiger charge is -2.22. The van der Waals surface area contributed by atoms with E-state index in [0.717, 1.165) is 24.5 Å². The molecule has 0 bridgehead atoms. The molecule has 2 aromatic carbocycles. The number of nitrogens with one attached hydrogen (secondary N) is 1. The van der Waals surface area contributed by atoms with Crippen LogP contribution in [0.3, 0.4) is 0 Å². The number of nitrogens with zero attached hydrogens (tertiary/aromatic N) is 3. The highest BCUT2D eigenvalue weighted by Gasteiger charge is 2.16. The zero-order chi connectivity index (χ0) is 20.6. The van der Waals surface area contributed by atoms with Gasteiger partial charge in [-0.3, -0.25) is 4.79 Å².